The van der Waals surface area contributed by atoms with Gasteiger partial charge in [0.15, 0.2) is 11.5 Å². The minimum absolute atomic E-state index is 0.225. The Bertz CT molecular complexity index is 1050. The molecule has 2 rings (SSSR count). The van der Waals surface area contributed by atoms with Crippen LogP contribution in [-0.2, 0) is 9.59 Å². The Morgan fingerprint density at radius 2 is 1.35 bits per heavy atom. The SMILES string of the molecule is CCCCCCCC(=O)Oc1c(OCCC)c(OCCC)c(OC(=O)C(C)(C)CC)c2cc(Cl)ccc12. The zero-order valence-electron chi connectivity index (χ0n) is 23.3. The number of halogens is 1. The molecule has 6 nitrogen and oxygen atoms in total. The number of hydrogen-bond acceptors (Lipinski definition) is 6. The molecule has 0 aromatic heterocycles. The van der Waals surface area contributed by atoms with E-state index in [4.69, 9.17) is 30.5 Å². The second kappa shape index (κ2) is 15.1. The van der Waals surface area contributed by atoms with Crippen molar-refractivity contribution >= 4 is 34.3 Å². The number of ether oxygens (including phenoxy) is 4. The largest absolute Gasteiger partial charge is 0.486 e. The summed E-state index contributed by atoms with van der Waals surface area (Å²) < 4.78 is 24.2. The number of carbonyl (C=O) groups excluding carboxylic acids is 2. The van der Waals surface area contributed by atoms with Crippen LogP contribution in [0.2, 0.25) is 5.02 Å². The van der Waals surface area contributed by atoms with E-state index in [0.717, 1.165) is 44.9 Å². The van der Waals surface area contributed by atoms with E-state index < -0.39 is 11.4 Å². The van der Waals surface area contributed by atoms with Crippen molar-refractivity contribution in [3.05, 3.63) is 23.2 Å². The van der Waals surface area contributed by atoms with Crippen LogP contribution in [-0.4, -0.2) is 25.2 Å². The Hall–Kier alpha value is -2.47. The van der Waals surface area contributed by atoms with Crippen molar-refractivity contribution in [2.75, 3.05) is 13.2 Å². The lowest BCUT2D eigenvalue weighted by Gasteiger charge is -2.25. The van der Waals surface area contributed by atoms with Gasteiger partial charge < -0.3 is 18.9 Å². The molecule has 2 aromatic rings. The highest BCUT2D eigenvalue weighted by Crippen LogP contribution is 2.52. The number of esters is 2. The zero-order valence-corrected chi connectivity index (χ0v) is 24.1. The average molecular weight is 535 g/mol. The van der Waals surface area contributed by atoms with E-state index in [1.807, 2.05) is 34.6 Å². The predicted molar refractivity (Wildman–Crippen MR) is 149 cm³/mol. The fourth-order valence-electron chi connectivity index (χ4n) is 3.64. The number of rotatable bonds is 16. The monoisotopic (exact) mass is 534 g/mol. The standard InChI is InChI=1S/C30H43ClO6/c1-7-11-12-13-14-15-24(32)36-25-22-17-16-21(31)20-23(22)26(37-29(33)30(5,6)10-4)28(35-19-9-3)27(25)34-18-8-2/h16-17,20H,7-15,18-19H2,1-6H3. The molecule has 0 atom stereocenters. The van der Waals surface area contributed by atoms with Crippen molar-refractivity contribution in [3.63, 3.8) is 0 Å². The van der Waals surface area contributed by atoms with Gasteiger partial charge in [-0.05, 0) is 57.7 Å². The quantitative estimate of drug-likeness (QED) is 0.122. The number of carbonyl (C=O) groups is 2. The van der Waals surface area contributed by atoms with Gasteiger partial charge in [0, 0.05) is 22.2 Å². The first-order valence-corrected chi connectivity index (χ1v) is 14.1. The number of hydrogen-bond donors (Lipinski definition) is 0. The van der Waals surface area contributed by atoms with Crippen molar-refractivity contribution in [3.8, 4) is 23.0 Å². The molecule has 2 aromatic carbocycles. The molecule has 0 radical (unpaired) electrons. The second-order valence-electron chi connectivity index (χ2n) is 9.97. The summed E-state index contributed by atoms with van der Waals surface area (Å²) >= 11 is 6.37. The first-order valence-electron chi connectivity index (χ1n) is 13.7. The number of unbranched alkanes of at least 4 members (excludes halogenated alkanes) is 4. The third-order valence-corrected chi connectivity index (χ3v) is 6.56. The fraction of sp³-hybridized carbons (Fsp3) is 0.600. The maximum atomic E-state index is 13.2. The molecule has 7 heteroatoms. The summed E-state index contributed by atoms with van der Waals surface area (Å²) in [5.41, 5.74) is -0.708. The van der Waals surface area contributed by atoms with E-state index in [1.165, 1.54) is 0 Å². The van der Waals surface area contributed by atoms with Gasteiger partial charge in [-0.15, -0.1) is 0 Å². The van der Waals surface area contributed by atoms with E-state index in [-0.39, 0.29) is 29.0 Å². The molecule has 0 aliphatic rings. The summed E-state index contributed by atoms with van der Waals surface area (Å²) in [6.07, 6.45) is 7.49. The molecule has 206 valence electrons. The van der Waals surface area contributed by atoms with Crippen LogP contribution in [0.3, 0.4) is 0 Å². The van der Waals surface area contributed by atoms with Gasteiger partial charge in [-0.25, -0.2) is 0 Å². The number of fused-ring (bicyclic) bond motifs is 1. The van der Waals surface area contributed by atoms with Crippen LogP contribution in [0.4, 0.5) is 0 Å². The predicted octanol–water partition coefficient (Wildman–Crippen LogP) is 8.68. The normalized spacial score (nSPS) is 11.4. The molecule has 0 aliphatic carbocycles. The summed E-state index contributed by atoms with van der Waals surface area (Å²) in [7, 11) is 0. The van der Waals surface area contributed by atoms with Crippen molar-refractivity contribution < 1.29 is 28.5 Å². The summed E-state index contributed by atoms with van der Waals surface area (Å²) in [5.74, 6) is 0.267. The molecule has 0 aliphatic heterocycles. The maximum absolute atomic E-state index is 13.2. The number of benzene rings is 2. The second-order valence-corrected chi connectivity index (χ2v) is 10.4. The lowest BCUT2D eigenvalue weighted by atomic mass is 9.90. The Balaban J connectivity index is 2.66. The molecule has 0 heterocycles. The van der Waals surface area contributed by atoms with Crippen LogP contribution in [0.25, 0.3) is 10.8 Å². The minimum Gasteiger partial charge on any atom is -0.486 e. The smallest absolute Gasteiger partial charge is 0.317 e. The molecule has 0 N–H and O–H groups in total. The summed E-state index contributed by atoms with van der Waals surface area (Å²) in [4.78, 5) is 26.1. The molecular weight excluding hydrogens is 492 g/mol. The minimum atomic E-state index is -0.708. The molecule has 0 unspecified atom stereocenters. The van der Waals surface area contributed by atoms with Crippen molar-refractivity contribution in [1.82, 2.24) is 0 Å². The van der Waals surface area contributed by atoms with E-state index in [1.54, 1.807) is 18.2 Å². The Morgan fingerprint density at radius 3 is 1.92 bits per heavy atom. The van der Waals surface area contributed by atoms with Crippen LogP contribution in [0.5, 0.6) is 23.0 Å². The third kappa shape index (κ3) is 8.53. The van der Waals surface area contributed by atoms with Gasteiger partial charge in [-0.2, -0.15) is 0 Å². The molecular formula is C30H43ClO6. The lowest BCUT2D eigenvalue weighted by molar-refractivity contribution is -0.144. The van der Waals surface area contributed by atoms with Gasteiger partial charge in [0.05, 0.1) is 18.6 Å². The zero-order chi connectivity index (χ0) is 27.4. The van der Waals surface area contributed by atoms with Crippen LogP contribution in [0, 0.1) is 5.41 Å². The average Bonchev–Trinajstić information content (AvgIpc) is 2.87. The van der Waals surface area contributed by atoms with E-state index in [2.05, 4.69) is 6.92 Å². The van der Waals surface area contributed by atoms with Gasteiger partial charge in [0.25, 0.3) is 0 Å². The van der Waals surface area contributed by atoms with Crippen molar-refractivity contribution in [1.29, 1.82) is 0 Å². The van der Waals surface area contributed by atoms with Gasteiger partial charge in [-0.1, -0.05) is 65.0 Å². The first kappa shape index (κ1) is 30.8. The first-order chi connectivity index (χ1) is 17.7. The maximum Gasteiger partial charge on any atom is 0.317 e. The highest BCUT2D eigenvalue weighted by Gasteiger charge is 2.32. The fourth-order valence-corrected chi connectivity index (χ4v) is 3.81. The van der Waals surface area contributed by atoms with Crippen LogP contribution >= 0.6 is 11.6 Å². The molecule has 0 fully saturated rings. The van der Waals surface area contributed by atoms with E-state index in [9.17, 15) is 9.59 Å². The van der Waals surface area contributed by atoms with E-state index >= 15 is 0 Å². The lowest BCUT2D eigenvalue weighted by Crippen LogP contribution is -2.28. The third-order valence-electron chi connectivity index (χ3n) is 6.32. The Kier molecular flexibility index (Phi) is 12.5. The van der Waals surface area contributed by atoms with Gasteiger partial charge >= 0.3 is 11.9 Å². The Labute approximate surface area is 226 Å². The summed E-state index contributed by atoms with van der Waals surface area (Å²) in [6, 6.07) is 5.17. The van der Waals surface area contributed by atoms with E-state index in [0.29, 0.717) is 41.9 Å². The topological polar surface area (TPSA) is 71.1 Å². The summed E-state index contributed by atoms with van der Waals surface area (Å²) in [5, 5.41) is 1.54. The van der Waals surface area contributed by atoms with Crippen LogP contribution in [0.1, 0.15) is 99.3 Å². The molecule has 37 heavy (non-hydrogen) atoms. The van der Waals surface area contributed by atoms with Gasteiger partial charge in [0.2, 0.25) is 11.5 Å². The van der Waals surface area contributed by atoms with Crippen LogP contribution in [0.15, 0.2) is 18.2 Å². The van der Waals surface area contributed by atoms with Crippen LogP contribution < -0.4 is 18.9 Å². The highest BCUT2D eigenvalue weighted by molar-refractivity contribution is 6.31. The molecule has 0 saturated carbocycles. The summed E-state index contributed by atoms with van der Waals surface area (Å²) in [6.45, 7) is 12.5. The highest BCUT2D eigenvalue weighted by atomic mass is 35.5. The Morgan fingerprint density at radius 1 is 0.757 bits per heavy atom. The molecule has 0 saturated heterocycles. The molecule has 0 spiro atoms. The molecule has 0 amide bonds. The van der Waals surface area contributed by atoms with Gasteiger partial charge in [0.1, 0.15) is 0 Å². The van der Waals surface area contributed by atoms with Crippen molar-refractivity contribution in [2.45, 2.75) is 99.3 Å². The van der Waals surface area contributed by atoms with Gasteiger partial charge in [-0.3, -0.25) is 9.59 Å². The molecule has 0 bridgehead atoms. The van der Waals surface area contributed by atoms with Crippen molar-refractivity contribution in [2.24, 2.45) is 5.41 Å².